The Bertz CT molecular complexity index is 447. The molecule has 1 saturated heterocycles. The maximum atomic E-state index is 13.6. The van der Waals surface area contributed by atoms with E-state index in [1.807, 2.05) is 6.92 Å². The molecule has 0 radical (unpaired) electrons. The highest BCUT2D eigenvalue weighted by Gasteiger charge is 2.27. The van der Waals surface area contributed by atoms with Crippen molar-refractivity contribution in [2.75, 3.05) is 6.54 Å². The third-order valence-corrected chi connectivity index (χ3v) is 3.52. The van der Waals surface area contributed by atoms with Crippen LogP contribution in [0.2, 0.25) is 0 Å². The molecule has 1 aromatic rings. The van der Waals surface area contributed by atoms with Gasteiger partial charge in [0.1, 0.15) is 11.6 Å². The zero-order chi connectivity index (χ0) is 13.1. The third kappa shape index (κ3) is 2.52. The van der Waals surface area contributed by atoms with Crippen LogP contribution in [0.3, 0.4) is 0 Å². The molecule has 98 valence electrons. The molecule has 1 amide bonds. The first kappa shape index (κ1) is 13.0. The molecule has 18 heavy (non-hydrogen) atoms. The summed E-state index contributed by atoms with van der Waals surface area (Å²) >= 11 is 0. The van der Waals surface area contributed by atoms with Crippen molar-refractivity contribution < 1.29 is 13.6 Å². The van der Waals surface area contributed by atoms with Gasteiger partial charge in [-0.1, -0.05) is 6.92 Å². The van der Waals surface area contributed by atoms with Crippen molar-refractivity contribution in [1.29, 1.82) is 0 Å². The van der Waals surface area contributed by atoms with Crippen molar-refractivity contribution in [3.8, 4) is 0 Å². The Morgan fingerprint density at radius 1 is 1.39 bits per heavy atom. The Balaban J connectivity index is 2.24. The van der Waals surface area contributed by atoms with Crippen molar-refractivity contribution in [3.63, 3.8) is 0 Å². The van der Waals surface area contributed by atoms with E-state index in [-0.39, 0.29) is 17.5 Å². The number of halogens is 2. The molecular weight excluding hydrogens is 236 g/mol. The van der Waals surface area contributed by atoms with Gasteiger partial charge in [-0.2, -0.15) is 0 Å². The van der Waals surface area contributed by atoms with E-state index in [0.29, 0.717) is 6.54 Å². The fourth-order valence-electron chi connectivity index (χ4n) is 2.51. The molecule has 1 aliphatic heterocycles. The van der Waals surface area contributed by atoms with E-state index in [1.165, 1.54) is 6.07 Å². The number of piperidine rings is 1. The Labute approximate surface area is 106 Å². The van der Waals surface area contributed by atoms with Gasteiger partial charge >= 0.3 is 0 Å². The lowest BCUT2D eigenvalue weighted by Crippen LogP contribution is -2.43. The van der Waals surface area contributed by atoms with Crippen LogP contribution in [-0.4, -0.2) is 23.4 Å². The van der Waals surface area contributed by atoms with Gasteiger partial charge in [-0.05, 0) is 37.8 Å². The quantitative estimate of drug-likeness (QED) is 0.791. The number of amides is 1. The number of nitrogens with zero attached hydrogens (tertiary/aromatic N) is 1. The topological polar surface area (TPSA) is 20.3 Å². The largest absolute Gasteiger partial charge is 0.336 e. The summed E-state index contributed by atoms with van der Waals surface area (Å²) in [6.07, 6.45) is 3.89. The van der Waals surface area contributed by atoms with Gasteiger partial charge in [0.25, 0.3) is 5.91 Å². The van der Waals surface area contributed by atoms with Gasteiger partial charge in [-0.25, -0.2) is 8.78 Å². The highest BCUT2D eigenvalue weighted by Crippen LogP contribution is 2.22. The van der Waals surface area contributed by atoms with Crippen molar-refractivity contribution in [1.82, 2.24) is 4.90 Å². The number of benzene rings is 1. The Hall–Kier alpha value is -1.45. The minimum atomic E-state index is -0.777. The molecule has 1 fully saturated rings. The van der Waals surface area contributed by atoms with Crippen LogP contribution in [0.4, 0.5) is 8.78 Å². The molecule has 2 nitrogen and oxygen atoms in total. The van der Waals surface area contributed by atoms with Crippen molar-refractivity contribution in [3.05, 3.63) is 35.4 Å². The van der Waals surface area contributed by atoms with Crippen LogP contribution in [0, 0.1) is 11.6 Å². The molecular formula is C14H17F2NO. The van der Waals surface area contributed by atoms with Gasteiger partial charge in [0.2, 0.25) is 0 Å². The standard InChI is InChI=1S/C14H17F2NO/c1-2-11-5-3-4-8-17(11)14(18)12-7-6-10(15)9-13(12)16/h6-7,9,11H,2-5,8H2,1H3/t11-/m0/s1. The SMILES string of the molecule is CC[C@H]1CCCCN1C(=O)c1ccc(F)cc1F. The molecule has 0 spiro atoms. The Kier molecular flexibility index (Phi) is 3.94. The van der Waals surface area contributed by atoms with Gasteiger partial charge in [0.05, 0.1) is 5.56 Å². The lowest BCUT2D eigenvalue weighted by atomic mass is 9.99. The van der Waals surface area contributed by atoms with Crippen LogP contribution in [0.5, 0.6) is 0 Å². The van der Waals surface area contributed by atoms with E-state index in [0.717, 1.165) is 37.8 Å². The van der Waals surface area contributed by atoms with Crippen LogP contribution >= 0.6 is 0 Å². The van der Waals surface area contributed by atoms with Crippen LogP contribution in [0.1, 0.15) is 43.0 Å². The highest BCUT2D eigenvalue weighted by atomic mass is 19.1. The Morgan fingerprint density at radius 2 is 2.17 bits per heavy atom. The molecule has 0 bridgehead atoms. The zero-order valence-corrected chi connectivity index (χ0v) is 10.5. The van der Waals surface area contributed by atoms with Gasteiger partial charge in [0, 0.05) is 18.7 Å². The average Bonchev–Trinajstić information content (AvgIpc) is 2.38. The summed E-state index contributed by atoms with van der Waals surface area (Å²) in [5.74, 6) is -1.76. The third-order valence-electron chi connectivity index (χ3n) is 3.52. The van der Waals surface area contributed by atoms with E-state index in [9.17, 15) is 13.6 Å². The summed E-state index contributed by atoms with van der Waals surface area (Å²) in [5, 5.41) is 0. The first-order valence-corrected chi connectivity index (χ1v) is 6.39. The Morgan fingerprint density at radius 3 is 2.83 bits per heavy atom. The summed E-state index contributed by atoms with van der Waals surface area (Å²) in [4.78, 5) is 14.0. The van der Waals surface area contributed by atoms with Crippen LogP contribution in [-0.2, 0) is 0 Å². The molecule has 2 rings (SSSR count). The maximum absolute atomic E-state index is 13.6. The summed E-state index contributed by atoms with van der Waals surface area (Å²) in [6, 6.07) is 3.30. The van der Waals surface area contributed by atoms with Gasteiger partial charge in [0.15, 0.2) is 0 Å². The highest BCUT2D eigenvalue weighted by molar-refractivity contribution is 5.94. The predicted molar refractivity (Wildman–Crippen MR) is 65.3 cm³/mol. The fraction of sp³-hybridized carbons (Fsp3) is 0.500. The molecule has 1 aromatic carbocycles. The van der Waals surface area contributed by atoms with Crippen molar-refractivity contribution >= 4 is 5.91 Å². The number of hydrogen-bond acceptors (Lipinski definition) is 1. The molecule has 0 aromatic heterocycles. The molecule has 0 unspecified atom stereocenters. The summed E-state index contributed by atoms with van der Waals surface area (Å²) < 4.78 is 26.4. The molecule has 1 aliphatic rings. The molecule has 1 atom stereocenters. The minimum Gasteiger partial charge on any atom is -0.336 e. The molecule has 4 heteroatoms. The fourth-order valence-corrected chi connectivity index (χ4v) is 2.51. The van der Waals surface area contributed by atoms with Gasteiger partial charge in [-0.15, -0.1) is 0 Å². The second-order valence-corrected chi connectivity index (χ2v) is 4.68. The zero-order valence-electron chi connectivity index (χ0n) is 10.5. The molecule has 0 N–H and O–H groups in total. The predicted octanol–water partition coefficient (Wildman–Crippen LogP) is 3.37. The van der Waals surface area contributed by atoms with Crippen LogP contribution < -0.4 is 0 Å². The van der Waals surface area contributed by atoms with E-state index in [4.69, 9.17) is 0 Å². The van der Waals surface area contributed by atoms with Crippen LogP contribution in [0.25, 0.3) is 0 Å². The van der Waals surface area contributed by atoms with E-state index >= 15 is 0 Å². The second-order valence-electron chi connectivity index (χ2n) is 4.68. The van der Waals surface area contributed by atoms with Crippen LogP contribution in [0.15, 0.2) is 18.2 Å². The molecule has 0 aliphatic carbocycles. The molecule has 0 saturated carbocycles. The summed E-state index contributed by atoms with van der Waals surface area (Å²) in [5.41, 5.74) is -0.0308. The van der Waals surface area contributed by atoms with Gasteiger partial charge in [-0.3, -0.25) is 4.79 Å². The normalized spacial score (nSPS) is 19.9. The number of carbonyl (C=O) groups is 1. The smallest absolute Gasteiger partial charge is 0.257 e. The number of hydrogen-bond donors (Lipinski definition) is 0. The lowest BCUT2D eigenvalue weighted by Gasteiger charge is -2.35. The van der Waals surface area contributed by atoms with E-state index in [1.54, 1.807) is 4.90 Å². The monoisotopic (exact) mass is 253 g/mol. The molecule has 1 heterocycles. The van der Waals surface area contributed by atoms with E-state index in [2.05, 4.69) is 0 Å². The lowest BCUT2D eigenvalue weighted by molar-refractivity contribution is 0.0603. The second kappa shape index (κ2) is 5.46. The first-order valence-electron chi connectivity index (χ1n) is 6.39. The number of carbonyl (C=O) groups excluding carboxylic acids is 1. The maximum Gasteiger partial charge on any atom is 0.257 e. The van der Waals surface area contributed by atoms with Gasteiger partial charge < -0.3 is 4.90 Å². The first-order chi connectivity index (χ1) is 8.63. The number of likely N-dealkylation sites (tertiary alicyclic amines) is 1. The number of rotatable bonds is 2. The van der Waals surface area contributed by atoms with Crippen molar-refractivity contribution in [2.24, 2.45) is 0 Å². The minimum absolute atomic E-state index is 0.0308. The summed E-state index contributed by atoms with van der Waals surface area (Å²) in [6.45, 7) is 2.69. The summed E-state index contributed by atoms with van der Waals surface area (Å²) in [7, 11) is 0. The van der Waals surface area contributed by atoms with Crippen molar-refractivity contribution in [2.45, 2.75) is 38.6 Å². The van der Waals surface area contributed by atoms with E-state index < -0.39 is 11.6 Å². The average molecular weight is 253 g/mol.